The molecule has 0 unspecified atom stereocenters. The van der Waals surface area contributed by atoms with Crippen molar-refractivity contribution in [1.82, 2.24) is 0 Å². The van der Waals surface area contributed by atoms with Crippen molar-refractivity contribution in [3.8, 4) is 0 Å². The second-order valence-electron chi connectivity index (χ2n) is 13.9. The van der Waals surface area contributed by atoms with Crippen molar-refractivity contribution in [1.29, 1.82) is 0 Å². The molecule has 12 heteroatoms. The average molecular weight is 597 g/mol. The molecule has 0 aromatic heterocycles. The van der Waals surface area contributed by atoms with Gasteiger partial charge < -0.3 is 49.6 Å². The van der Waals surface area contributed by atoms with E-state index in [4.69, 9.17) is 18.9 Å². The van der Waals surface area contributed by atoms with Gasteiger partial charge in [-0.2, -0.15) is 0 Å². The highest BCUT2D eigenvalue weighted by Gasteiger charge is 2.76. The van der Waals surface area contributed by atoms with Gasteiger partial charge in [0.1, 0.15) is 30.3 Å². The van der Waals surface area contributed by atoms with Crippen LogP contribution in [-0.4, -0.2) is 110 Å². The maximum absolute atomic E-state index is 13.8. The molecule has 6 rings (SSSR count). The van der Waals surface area contributed by atoms with Gasteiger partial charge in [0, 0.05) is 23.8 Å². The third kappa shape index (κ3) is 4.02. The first-order valence-electron chi connectivity index (χ1n) is 15.2. The van der Waals surface area contributed by atoms with Crippen LogP contribution in [0.3, 0.4) is 0 Å². The molecule has 6 N–H and O–H groups in total. The standard InChI is InChI=1S/C30H44O12/c1-14-22(33)23(34)24(35)25(41-14)42-16-4-8-29(26(36)39-3)21-18(5-7-28(29,37)11-16)30(38)9-6-17(15-10-20(32)40-13-15)27(30,2)12-19(21)31/h10,14,16-19,21-25,31,33-35,37-38H,4-9,11-13H2,1-3H3/t14-,16-,17+,18-,19+,21+,22-,23+,24+,25+,27+,28-,29+,30-/m0/s1. The van der Waals surface area contributed by atoms with E-state index in [-0.39, 0.29) is 44.6 Å². The number of hydrogen-bond donors (Lipinski definition) is 6. The first-order chi connectivity index (χ1) is 19.7. The number of aliphatic hydroxyl groups excluding tert-OH is 4. The largest absolute Gasteiger partial charge is 0.468 e. The number of esters is 2. The first-order valence-corrected chi connectivity index (χ1v) is 15.2. The Morgan fingerprint density at radius 3 is 2.40 bits per heavy atom. The summed E-state index contributed by atoms with van der Waals surface area (Å²) in [5.41, 5.74) is -4.37. The van der Waals surface area contributed by atoms with E-state index in [1.807, 2.05) is 6.92 Å². The van der Waals surface area contributed by atoms with Gasteiger partial charge >= 0.3 is 11.9 Å². The van der Waals surface area contributed by atoms with Crippen LogP contribution >= 0.6 is 0 Å². The summed E-state index contributed by atoms with van der Waals surface area (Å²) in [6.45, 7) is 3.67. The van der Waals surface area contributed by atoms with E-state index in [2.05, 4.69) is 0 Å². The number of cyclic esters (lactones) is 1. The molecule has 2 aliphatic heterocycles. The molecule has 4 aliphatic carbocycles. The molecule has 236 valence electrons. The molecular formula is C30H44O12. The maximum Gasteiger partial charge on any atom is 0.331 e. The monoisotopic (exact) mass is 596 g/mol. The second kappa shape index (κ2) is 10.2. The van der Waals surface area contributed by atoms with Crippen molar-refractivity contribution in [2.45, 2.75) is 119 Å². The van der Waals surface area contributed by atoms with Crippen molar-refractivity contribution >= 4 is 11.9 Å². The van der Waals surface area contributed by atoms with E-state index in [0.717, 1.165) is 5.57 Å². The molecule has 0 bridgehead atoms. The van der Waals surface area contributed by atoms with Gasteiger partial charge in [-0.25, -0.2) is 4.79 Å². The maximum atomic E-state index is 13.8. The first kappa shape index (κ1) is 30.4. The molecule has 0 aromatic carbocycles. The zero-order chi connectivity index (χ0) is 30.4. The van der Waals surface area contributed by atoms with Gasteiger partial charge in [-0.1, -0.05) is 6.92 Å². The summed E-state index contributed by atoms with van der Waals surface area (Å²) in [5, 5.41) is 67.4. The molecule has 14 atom stereocenters. The Morgan fingerprint density at radius 2 is 1.74 bits per heavy atom. The number of fused-ring (bicyclic) bond motifs is 5. The molecule has 1 saturated heterocycles. The minimum absolute atomic E-state index is 0.0116. The summed E-state index contributed by atoms with van der Waals surface area (Å²) in [7, 11) is 1.26. The van der Waals surface area contributed by atoms with Gasteiger partial charge in [0.15, 0.2) is 6.29 Å². The molecule has 42 heavy (non-hydrogen) atoms. The quantitative estimate of drug-likeness (QED) is 0.184. The van der Waals surface area contributed by atoms with Gasteiger partial charge in [0.05, 0.1) is 36.6 Å². The fourth-order valence-corrected chi connectivity index (χ4v) is 10.1. The smallest absolute Gasteiger partial charge is 0.331 e. The Bertz CT molecular complexity index is 1140. The van der Waals surface area contributed by atoms with Crippen molar-refractivity contribution in [3.05, 3.63) is 11.6 Å². The molecule has 4 saturated carbocycles. The lowest BCUT2D eigenvalue weighted by Crippen LogP contribution is -2.73. The molecule has 0 amide bonds. The predicted octanol–water partition coefficient (Wildman–Crippen LogP) is -0.305. The number of aliphatic hydroxyl groups is 6. The Labute approximate surface area is 244 Å². The fourth-order valence-electron chi connectivity index (χ4n) is 10.1. The molecule has 5 fully saturated rings. The number of hydrogen-bond acceptors (Lipinski definition) is 12. The van der Waals surface area contributed by atoms with Crippen LogP contribution in [0.5, 0.6) is 0 Å². The lowest BCUT2D eigenvalue weighted by atomic mass is 9.40. The van der Waals surface area contributed by atoms with Crippen LogP contribution in [0.4, 0.5) is 0 Å². The lowest BCUT2D eigenvalue weighted by molar-refractivity contribution is -0.322. The Hall–Kier alpha value is -1.64. The van der Waals surface area contributed by atoms with E-state index >= 15 is 0 Å². The van der Waals surface area contributed by atoms with Crippen molar-refractivity contribution in [2.75, 3.05) is 13.7 Å². The summed E-state index contributed by atoms with van der Waals surface area (Å²) in [6, 6.07) is 0. The minimum atomic E-state index is -1.65. The SMILES string of the molecule is COC(=O)[C@]12CC[C@H](O[C@H]3O[C@@H](C)[C@H](O)[C@@H](O)[C@H]3O)C[C@@]1(O)CC[C@H]1[C@@H]2[C@H](O)C[C@]2(C)[C@@H](C3=CC(=O)OC3)CC[C@]12O. The molecule has 6 aliphatic rings. The third-order valence-corrected chi connectivity index (χ3v) is 12.2. The topological polar surface area (TPSA) is 192 Å². The van der Waals surface area contributed by atoms with Crippen LogP contribution in [0, 0.1) is 28.6 Å². The molecule has 2 heterocycles. The second-order valence-corrected chi connectivity index (χ2v) is 13.9. The minimum Gasteiger partial charge on any atom is -0.468 e. The molecule has 0 spiro atoms. The number of methoxy groups -OCH3 is 1. The van der Waals surface area contributed by atoms with E-state index in [1.165, 1.54) is 13.2 Å². The zero-order valence-corrected chi connectivity index (χ0v) is 24.3. The predicted molar refractivity (Wildman–Crippen MR) is 142 cm³/mol. The van der Waals surface area contributed by atoms with Gasteiger partial charge in [-0.3, -0.25) is 4.79 Å². The summed E-state index contributed by atoms with van der Waals surface area (Å²) >= 11 is 0. The van der Waals surface area contributed by atoms with Crippen LogP contribution in [0.1, 0.15) is 65.2 Å². The number of rotatable bonds is 4. The van der Waals surface area contributed by atoms with Crippen molar-refractivity contribution in [3.63, 3.8) is 0 Å². The van der Waals surface area contributed by atoms with Crippen LogP contribution < -0.4 is 0 Å². The lowest BCUT2D eigenvalue weighted by Gasteiger charge is -2.66. The normalized spacial score (nSPS) is 53.8. The Balaban J connectivity index is 1.30. The van der Waals surface area contributed by atoms with Gasteiger partial charge in [0.25, 0.3) is 0 Å². The number of carbonyl (C=O) groups excluding carboxylic acids is 2. The van der Waals surface area contributed by atoms with Crippen molar-refractivity contribution < 1.29 is 59.2 Å². The van der Waals surface area contributed by atoms with Crippen LogP contribution in [0.25, 0.3) is 0 Å². The number of ether oxygens (including phenoxy) is 4. The van der Waals surface area contributed by atoms with E-state index in [1.54, 1.807) is 6.92 Å². The van der Waals surface area contributed by atoms with Crippen molar-refractivity contribution in [2.24, 2.45) is 28.6 Å². The van der Waals surface area contributed by atoms with Crippen LogP contribution in [0.15, 0.2) is 11.6 Å². The van der Waals surface area contributed by atoms with Crippen LogP contribution in [0.2, 0.25) is 0 Å². The highest BCUT2D eigenvalue weighted by atomic mass is 16.7. The molecular weight excluding hydrogens is 552 g/mol. The van der Waals surface area contributed by atoms with Gasteiger partial charge in [-0.05, 0) is 69.3 Å². The summed E-state index contributed by atoms with van der Waals surface area (Å²) in [4.78, 5) is 25.6. The summed E-state index contributed by atoms with van der Waals surface area (Å²) in [6.07, 6.45) is -4.44. The number of carbonyl (C=O) groups is 2. The fraction of sp³-hybridized carbons (Fsp3) is 0.867. The molecule has 12 nitrogen and oxygen atoms in total. The van der Waals surface area contributed by atoms with Gasteiger partial charge in [0.2, 0.25) is 0 Å². The Kier molecular flexibility index (Phi) is 7.38. The zero-order valence-electron chi connectivity index (χ0n) is 24.3. The molecule has 0 radical (unpaired) electrons. The highest BCUT2D eigenvalue weighted by Crippen LogP contribution is 2.71. The van der Waals surface area contributed by atoms with E-state index in [0.29, 0.717) is 19.3 Å². The summed E-state index contributed by atoms with van der Waals surface area (Å²) in [5.74, 6) is -2.51. The van der Waals surface area contributed by atoms with Crippen LogP contribution in [-0.2, 0) is 28.5 Å². The van der Waals surface area contributed by atoms with Gasteiger partial charge in [-0.15, -0.1) is 0 Å². The average Bonchev–Trinajstić information content (AvgIpc) is 3.49. The summed E-state index contributed by atoms with van der Waals surface area (Å²) < 4.78 is 22.1. The Morgan fingerprint density at radius 1 is 1.00 bits per heavy atom. The van der Waals surface area contributed by atoms with E-state index in [9.17, 15) is 40.2 Å². The van der Waals surface area contributed by atoms with E-state index < -0.39 is 88.7 Å². The third-order valence-electron chi connectivity index (χ3n) is 12.2. The highest BCUT2D eigenvalue weighted by molar-refractivity contribution is 5.85. The molecule has 0 aromatic rings.